The van der Waals surface area contributed by atoms with Gasteiger partial charge in [-0.2, -0.15) is 0 Å². The van der Waals surface area contributed by atoms with Gasteiger partial charge in [0.1, 0.15) is 0 Å². The molecule has 0 radical (unpaired) electrons. The summed E-state index contributed by atoms with van der Waals surface area (Å²) >= 11 is 12.6. The Morgan fingerprint density at radius 1 is 1.18 bits per heavy atom. The zero-order chi connectivity index (χ0) is 15.7. The number of aryl methyl sites for hydroxylation is 1. The molecule has 2 aromatic carbocycles. The minimum Gasteiger partial charge on any atom is -0.268 e. The highest BCUT2D eigenvalue weighted by molar-refractivity contribution is 8.27. The molecule has 0 saturated carbocycles. The number of thioether (sulfide) groups is 1. The van der Waals surface area contributed by atoms with Crippen molar-refractivity contribution in [1.29, 1.82) is 0 Å². The van der Waals surface area contributed by atoms with E-state index in [9.17, 15) is 4.79 Å². The Morgan fingerprint density at radius 3 is 2.59 bits per heavy atom. The maximum Gasteiger partial charge on any atom is 0.270 e. The number of carbonyl (C=O) groups excluding carboxylic acids is 1. The molecule has 1 aliphatic heterocycles. The van der Waals surface area contributed by atoms with Gasteiger partial charge in [-0.3, -0.25) is 9.69 Å². The number of hydrogen-bond donors (Lipinski definition) is 0. The highest BCUT2D eigenvalue weighted by Gasteiger charge is 2.33. The Hall–Kier alpha value is -1.62. The minimum absolute atomic E-state index is 0.0875. The average molecular weight is 346 g/mol. The normalized spacial score (nSPS) is 16.6. The van der Waals surface area contributed by atoms with Crippen molar-refractivity contribution >= 4 is 57.6 Å². The van der Waals surface area contributed by atoms with Crippen molar-refractivity contribution in [2.45, 2.75) is 6.92 Å². The highest BCUT2D eigenvalue weighted by Crippen LogP contribution is 2.36. The van der Waals surface area contributed by atoms with Crippen LogP contribution in [0.15, 0.2) is 53.4 Å². The average Bonchev–Trinajstić information content (AvgIpc) is 2.76. The van der Waals surface area contributed by atoms with E-state index in [0.717, 1.165) is 16.8 Å². The number of nitrogens with zero attached hydrogens (tertiary/aromatic N) is 1. The van der Waals surface area contributed by atoms with Crippen molar-refractivity contribution in [3.05, 3.63) is 69.6 Å². The second-order valence-electron chi connectivity index (χ2n) is 4.91. The van der Waals surface area contributed by atoms with Crippen LogP contribution < -0.4 is 4.90 Å². The van der Waals surface area contributed by atoms with Gasteiger partial charge >= 0.3 is 0 Å². The Balaban J connectivity index is 1.93. The van der Waals surface area contributed by atoms with Gasteiger partial charge in [-0.15, -0.1) is 0 Å². The fourth-order valence-electron chi connectivity index (χ4n) is 2.17. The van der Waals surface area contributed by atoms with Crippen LogP contribution >= 0.6 is 35.6 Å². The van der Waals surface area contributed by atoms with Crippen molar-refractivity contribution in [2.24, 2.45) is 0 Å². The molecule has 1 amide bonds. The van der Waals surface area contributed by atoms with Gasteiger partial charge in [0.25, 0.3) is 5.91 Å². The molecule has 1 fully saturated rings. The Morgan fingerprint density at radius 2 is 1.91 bits per heavy atom. The first-order valence-corrected chi connectivity index (χ1v) is 8.25. The molecule has 1 heterocycles. The lowest BCUT2D eigenvalue weighted by Crippen LogP contribution is -2.27. The van der Waals surface area contributed by atoms with Crippen molar-refractivity contribution in [1.82, 2.24) is 0 Å². The third kappa shape index (κ3) is 3.09. The Labute approximate surface area is 143 Å². The molecule has 1 saturated heterocycles. The van der Waals surface area contributed by atoms with Gasteiger partial charge in [-0.1, -0.05) is 59.8 Å². The quantitative estimate of drug-likeness (QED) is 0.561. The van der Waals surface area contributed by atoms with Gasteiger partial charge in [0, 0.05) is 5.02 Å². The maximum absolute atomic E-state index is 12.6. The van der Waals surface area contributed by atoms with Crippen molar-refractivity contribution in [3.63, 3.8) is 0 Å². The summed E-state index contributed by atoms with van der Waals surface area (Å²) < 4.78 is 0.552. The molecular formula is C17H12ClNOS2. The van der Waals surface area contributed by atoms with E-state index in [-0.39, 0.29) is 5.91 Å². The lowest BCUT2D eigenvalue weighted by molar-refractivity contribution is -0.113. The van der Waals surface area contributed by atoms with Crippen LogP contribution in [-0.2, 0) is 4.79 Å². The second-order valence-corrected chi connectivity index (χ2v) is 7.02. The molecule has 2 nitrogen and oxygen atoms in total. The zero-order valence-corrected chi connectivity index (χ0v) is 14.1. The van der Waals surface area contributed by atoms with Crippen LogP contribution in [0, 0.1) is 6.92 Å². The molecular weight excluding hydrogens is 334 g/mol. The number of hydrogen-bond acceptors (Lipinski definition) is 3. The molecule has 3 rings (SSSR count). The van der Waals surface area contributed by atoms with Gasteiger partial charge in [0.05, 0.1) is 10.6 Å². The summed E-state index contributed by atoms with van der Waals surface area (Å²) in [7, 11) is 0. The smallest absolute Gasteiger partial charge is 0.268 e. The van der Waals surface area contributed by atoms with Gasteiger partial charge in [0.15, 0.2) is 4.32 Å². The van der Waals surface area contributed by atoms with Crippen LogP contribution in [0.4, 0.5) is 5.69 Å². The predicted octanol–water partition coefficient (Wildman–Crippen LogP) is 5.05. The fourth-order valence-corrected chi connectivity index (χ4v) is 3.59. The van der Waals surface area contributed by atoms with Gasteiger partial charge < -0.3 is 0 Å². The van der Waals surface area contributed by atoms with E-state index in [2.05, 4.69) is 0 Å². The monoisotopic (exact) mass is 345 g/mol. The number of carbonyl (C=O) groups is 1. The molecule has 0 aliphatic carbocycles. The first-order valence-electron chi connectivity index (χ1n) is 6.65. The standard InChI is InChI=1S/C17H12ClNOS2/c1-11-3-2-4-14(9-11)19-16(20)15(22-17(19)21)10-12-5-7-13(18)8-6-12/h2-10H,1H3/b15-10-. The molecule has 0 N–H and O–H groups in total. The SMILES string of the molecule is Cc1cccc(N2C(=O)/C(=C/c3ccc(Cl)cc3)SC2=S)c1. The summed E-state index contributed by atoms with van der Waals surface area (Å²) in [4.78, 5) is 14.8. The Bertz CT molecular complexity index is 784. The van der Waals surface area contributed by atoms with Gasteiger partial charge in [-0.05, 0) is 48.4 Å². The van der Waals surface area contributed by atoms with E-state index in [0.29, 0.717) is 14.2 Å². The largest absolute Gasteiger partial charge is 0.270 e. The van der Waals surface area contributed by atoms with E-state index in [1.165, 1.54) is 11.8 Å². The summed E-state index contributed by atoms with van der Waals surface area (Å²) in [5.41, 5.74) is 2.82. The zero-order valence-electron chi connectivity index (χ0n) is 11.7. The summed E-state index contributed by atoms with van der Waals surface area (Å²) in [5, 5.41) is 0.671. The lowest BCUT2D eigenvalue weighted by Gasteiger charge is -2.14. The summed E-state index contributed by atoms with van der Waals surface area (Å²) in [6.07, 6.45) is 1.84. The van der Waals surface area contributed by atoms with E-state index in [4.69, 9.17) is 23.8 Å². The molecule has 5 heteroatoms. The molecule has 22 heavy (non-hydrogen) atoms. The molecule has 0 bridgehead atoms. The molecule has 2 aromatic rings. The highest BCUT2D eigenvalue weighted by atomic mass is 35.5. The van der Waals surface area contributed by atoms with Crippen molar-refractivity contribution in [3.8, 4) is 0 Å². The molecule has 110 valence electrons. The minimum atomic E-state index is -0.0875. The van der Waals surface area contributed by atoms with Gasteiger partial charge in [0.2, 0.25) is 0 Å². The topological polar surface area (TPSA) is 20.3 Å². The summed E-state index contributed by atoms with van der Waals surface area (Å²) in [5.74, 6) is -0.0875. The summed E-state index contributed by atoms with van der Waals surface area (Å²) in [6.45, 7) is 1.99. The Kier molecular flexibility index (Phi) is 4.34. The van der Waals surface area contributed by atoms with E-state index >= 15 is 0 Å². The number of halogens is 1. The number of thiocarbonyl (C=S) groups is 1. The first kappa shape index (κ1) is 15.3. The number of benzene rings is 2. The van der Waals surface area contributed by atoms with Gasteiger partial charge in [-0.25, -0.2) is 0 Å². The van der Waals surface area contributed by atoms with E-state index < -0.39 is 0 Å². The first-order chi connectivity index (χ1) is 10.5. The van der Waals surface area contributed by atoms with Crippen LogP contribution in [0.3, 0.4) is 0 Å². The second kappa shape index (κ2) is 6.24. The number of amides is 1. The molecule has 0 spiro atoms. The fraction of sp³-hybridized carbons (Fsp3) is 0.0588. The van der Waals surface area contributed by atoms with Crippen LogP contribution in [0.5, 0.6) is 0 Å². The van der Waals surface area contributed by atoms with Crippen molar-refractivity contribution in [2.75, 3.05) is 4.90 Å². The van der Waals surface area contributed by atoms with Crippen molar-refractivity contribution < 1.29 is 4.79 Å². The predicted molar refractivity (Wildman–Crippen MR) is 98.3 cm³/mol. The molecule has 0 aromatic heterocycles. The number of anilines is 1. The molecule has 0 unspecified atom stereocenters. The lowest BCUT2D eigenvalue weighted by atomic mass is 10.2. The van der Waals surface area contributed by atoms with E-state index in [1.807, 2.05) is 49.4 Å². The number of rotatable bonds is 2. The van der Waals surface area contributed by atoms with Crippen LogP contribution in [0.2, 0.25) is 5.02 Å². The van der Waals surface area contributed by atoms with E-state index in [1.54, 1.807) is 17.0 Å². The summed E-state index contributed by atoms with van der Waals surface area (Å²) in [6, 6.07) is 15.1. The van der Waals surface area contributed by atoms with Crippen LogP contribution in [0.1, 0.15) is 11.1 Å². The third-order valence-electron chi connectivity index (χ3n) is 3.22. The van der Waals surface area contributed by atoms with Crippen LogP contribution in [-0.4, -0.2) is 10.2 Å². The molecule has 0 atom stereocenters. The molecule has 1 aliphatic rings. The maximum atomic E-state index is 12.6. The third-order valence-corrected chi connectivity index (χ3v) is 4.78. The van der Waals surface area contributed by atoms with Crippen LogP contribution in [0.25, 0.3) is 6.08 Å².